The van der Waals surface area contributed by atoms with E-state index in [2.05, 4.69) is 10.3 Å². The summed E-state index contributed by atoms with van der Waals surface area (Å²) in [6.07, 6.45) is 0. The van der Waals surface area contributed by atoms with E-state index in [-0.39, 0.29) is 25.9 Å². The Balaban J connectivity index is 2.06. The van der Waals surface area contributed by atoms with Crippen molar-refractivity contribution in [3.05, 3.63) is 49.1 Å². The second-order valence-electron chi connectivity index (χ2n) is 4.66. The Morgan fingerprint density at radius 1 is 1.08 bits per heavy atom. The third-order valence-corrected chi connectivity index (χ3v) is 4.86. The predicted molar refractivity (Wildman–Crippen MR) is 101 cm³/mol. The summed E-state index contributed by atoms with van der Waals surface area (Å²) in [5, 5.41) is 2.20. The first kappa shape index (κ1) is 20.9. The molecule has 0 aliphatic carbocycles. The molecule has 6 nitrogen and oxygen atoms in total. The van der Waals surface area contributed by atoms with Crippen LogP contribution < -0.4 is 10.1 Å². The smallest absolute Gasteiger partial charge is 0.359 e. The van der Waals surface area contributed by atoms with Gasteiger partial charge in [0.05, 0.1) is 27.9 Å². The molecule has 0 saturated heterocycles. The average molecular weight is 459 g/mol. The van der Waals surface area contributed by atoms with Crippen LogP contribution in [0.3, 0.4) is 0 Å². The number of methoxy groups -OCH3 is 1. The van der Waals surface area contributed by atoms with Crippen molar-refractivity contribution < 1.29 is 19.1 Å². The van der Waals surface area contributed by atoms with Crippen molar-refractivity contribution in [1.82, 2.24) is 4.98 Å². The van der Waals surface area contributed by atoms with Gasteiger partial charge in [0, 0.05) is 5.02 Å². The lowest BCUT2D eigenvalue weighted by Crippen LogP contribution is -2.22. The molecule has 138 valence electrons. The zero-order valence-corrected chi connectivity index (χ0v) is 16.7. The van der Waals surface area contributed by atoms with Crippen LogP contribution in [-0.4, -0.2) is 30.6 Å². The molecule has 0 radical (unpaired) electrons. The molecule has 11 heteroatoms. The highest BCUT2D eigenvalue weighted by Crippen LogP contribution is 2.36. The van der Waals surface area contributed by atoms with Gasteiger partial charge in [0.25, 0.3) is 5.91 Å². The summed E-state index contributed by atoms with van der Waals surface area (Å²) >= 11 is 29.1. The molecule has 0 fully saturated rings. The van der Waals surface area contributed by atoms with Crippen molar-refractivity contribution in [2.75, 3.05) is 19.0 Å². The Morgan fingerprint density at radius 3 is 2.42 bits per heavy atom. The van der Waals surface area contributed by atoms with Crippen molar-refractivity contribution >= 4 is 75.6 Å². The van der Waals surface area contributed by atoms with E-state index >= 15 is 0 Å². The highest BCUT2D eigenvalue weighted by molar-refractivity contribution is 6.52. The van der Waals surface area contributed by atoms with Crippen molar-refractivity contribution in [3.63, 3.8) is 0 Å². The SMILES string of the molecule is COc1ccc(Cl)cc1NC(=O)COC(=O)c1nc(Cl)c(Cl)c(Cl)c1Cl. The molecule has 2 aromatic rings. The van der Waals surface area contributed by atoms with Gasteiger partial charge in [-0.3, -0.25) is 4.79 Å². The number of hydrogen-bond acceptors (Lipinski definition) is 5. The van der Waals surface area contributed by atoms with E-state index < -0.39 is 18.5 Å². The van der Waals surface area contributed by atoms with Crippen molar-refractivity contribution in [3.8, 4) is 5.75 Å². The van der Waals surface area contributed by atoms with Gasteiger partial charge in [-0.2, -0.15) is 0 Å². The summed E-state index contributed by atoms with van der Waals surface area (Å²) in [5.74, 6) is -1.25. The van der Waals surface area contributed by atoms with Crippen molar-refractivity contribution in [2.45, 2.75) is 0 Å². The molecule has 0 aliphatic heterocycles. The van der Waals surface area contributed by atoms with Crippen LogP contribution in [-0.2, 0) is 9.53 Å². The lowest BCUT2D eigenvalue weighted by atomic mass is 10.3. The van der Waals surface area contributed by atoms with Gasteiger partial charge in [0.2, 0.25) is 0 Å². The number of benzene rings is 1. The first-order chi connectivity index (χ1) is 12.2. The van der Waals surface area contributed by atoms with E-state index in [9.17, 15) is 9.59 Å². The molecule has 0 atom stereocenters. The number of ether oxygens (including phenoxy) is 2. The zero-order valence-electron chi connectivity index (χ0n) is 12.9. The molecule has 0 spiro atoms. The number of nitrogens with zero attached hydrogens (tertiary/aromatic N) is 1. The number of halogens is 5. The molecule has 26 heavy (non-hydrogen) atoms. The second kappa shape index (κ2) is 8.97. The Hall–Kier alpha value is -1.44. The molecule has 1 aromatic heterocycles. The molecule has 0 unspecified atom stereocenters. The number of pyridine rings is 1. The maximum absolute atomic E-state index is 12.1. The summed E-state index contributed by atoms with van der Waals surface area (Å²) in [7, 11) is 1.43. The standard InChI is InChI=1S/C15H9Cl5N2O4/c1-25-8-3-2-6(16)4-7(8)21-9(23)5-26-15(24)13-11(18)10(17)12(19)14(20)22-13/h2-4H,5H2,1H3,(H,21,23). The van der Waals surface area contributed by atoms with Gasteiger partial charge in [-0.1, -0.05) is 58.0 Å². The van der Waals surface area contributed by atoms with Gasteiger partial charge < -0.3 is 14.8 Å². The third kappa shape index (κ3) is 4.84. The monoisotopic (exact) mass is 456 g/mol. The Kier molecular flexibility index (Phi) is 7.20. The molecule has 0 bridgehead atoms. The quantitative estimate of drug-likeness (QED) is 0.495. The summed E-state index contributed by atoms with van der Waals surface area (Å²) < 4.78 is 9.96. The number of carbonyl (C=O) groups excluding carboxylic acids is 2. The van der Waals surface area contributed by atoms with Crippen molar-refractivity contribution in [2.24, 2.45) is 0 Å². The van der Waals surface area contributed by atoms with Crippen LogP contribution in [0.2, 0.25) is 25.2 Å². The van der Waals surface area contributed by atoms with E-state index in [0.717, 1.165) is 0 Å². The van der Waals surface area contributed by atoms with Crippen LogP contribution in [0.5, 0.6) is 5.75 Å². The number of hydrogen-bond donors (Lipinski definition) is 1. The number of anilines is 1. The van der Waals surface area contributed by atoms with Crippen LogP contribution >= 0.6 is 58.0 Å². The average Bonchev–Trinajstić information content (AvgIpc) is 2.61. The molecule has 1 N–H and O–H groups in total. The number of esters is 1. The molecule has 0 saturated carbocycles. The molecule has 1 amide bonds. The van der Waals surface area contributed by atoms with Crippen LogP contribution in [0, 0.1) is 0 Å². The third-order valence-electron chi connectivity index (χ3n) is 2.95. The van der Waals surface area contributed by atoms with E-state index in [4.69, 9.17) is 67.5 Å². The number of carbonyl (C=O) groups is 2. The van der Waals surface area contributed by atoms with Gasteiger partial charge in [-0.25, -0.2) is 9.78 Å². The maximum Gasteiger partial charge on any atom is 0.359 e. The Bertz CT molecular complexity index is 876. The first-order valence-electron chi connectivity index (χ1n) is 6.75. The van der Waals surface area contributed by atoms with E-state index in [1.165, 1.54) is 13.2 Å². The summed E-state index contributed by atoms with van der Waals surface area (Å²) in [4.78, 5) is 27.8. The van der Waals surface area contributed by atoms with Gasteiger partial charge in [-0.05, 0) is 18.2 Å². The fourth-order valence-electron chi connectivity index (χ4n) is 1.79. The van der Waals surface area contributed by atoms with Crippen LogP contribution in [0.15, 0.2) is 18.2 Å². The number of amides is 1. The Labute approximate surface area is 173 Å². The largest absolute Gasteiger partial charge is 0.495 e. The summed E-state index contributed by atoms with van der Waals surface area (Å²) in [6.45, 7) is -0.621. The fourth-order valence-corrected chi connectivity index (χ4v) is 2.76. The highest BCUT2D eigenvalue weighted by Gasteiger charge is 2.22. The lowest BCUT2D eigenvalue weighted by Gasteiger charge is -2.11. The number of rotatable bonds is 5. The van der Waals surface area contributed by atoms with Gasteiger partial charge in [-0.15, -0.1) is 0 Å². The second-order valence-corrected chi connectivity index (χ2v) is 6.59. The molecular weight excluding hydrogens is 449 g/mol. The van der Waals surface area contributed by atoms with Crippen molar-refractivity contribution in [1.29, 1.82) is 0 Å². The van der Waals surface area contributed by atoms with Crippen LogP contribution in [0.1, 0.15) is 10.5 Å². The summed E-state index contributed by atoms with van der Waals surface area (Å²) in [6, 6.07) is 4.65. The lowest BCUT2D eigenvalue weighted by molar-refractivity contribution is -0.119. The van der Waals surface area contributed by atoms with Gasteiger partial charge in [0.1, 0.15) is 10.9 Å². The van der Waals surface area contributed by atoms with Gasteiger partial charge >= 0.3 is 5.97 Å². The number of nitrogens with one attached hydrogen (secondary N) is 1. The molecular formula is C15H9Cl5N2O4. The zero-order chi connectivity index (χ0) is 19.4. The molecule has 1 aromatic carbocycles. The minimum atomic E-state index is -0.997. The van der Waals surface area contributed by atoms with Crippen LogP contribution in [0.4, 0.5) is 5.69 Å². The van der Waals surface area contributed by atoms with Crippen LogP contribution in [0.25, 0.3) is 0 Å². The predicted octanol–water partition coefficient (Wildman–Crippen LogP) is 5.15. The fraction of sp³-hybridized carbons (Fsp3) is 0.133. The normalized spacial score (nSPS) is 10.4. The van der Waals surface area contributed by atoms with E-state index in [1.807, 2.05) is 0 Å². The van der Waals surface area contributed by atoms with E-state index in [1.54, 1.807) is 12.1 Å². The molecule has 1 heterocycles. The molecule has 0 aliphatic rings. The molecule has 2 rings (SSSR count). The minimum absolute atomic E-state index is 0.0966. The topological polar surface area (TPSA) is 77.5 Å². The minimum Gasteiger partial charge on any atom is -0.495 e. The highest BCUT2D eigenvalue weighted by atomic mass is 35.5. The Morgan fingerprint density at radius 2 is 1.77 bits per heavy atom. The maximum atomic E-state index is 12.1. The summed E-state index contributed by atoms with van der Waals surface area (Å²) in [5.41, 5.74) is -0.0472. The van der Waals surface area contributed by atoms with E-state index in [0.29, 0.717) is 16.5 Å². The van der Waals surface area contributed by atoms with Gasteiger partial charge in [0.15, 0.2) is 12.3 Å². The first-order valence-corrected chi connectivity index (χ1v) is 8.64. The number of aromatic nitrogens is 1.